The fourth-order valence-electron chi connectivity index (χ4n) is 5.34. The first kappa shape index (κ1) is 25.4. The molecule has 0 bridgehead atoms. The van der Waals surface area contributed by atoms with Crippen LogP contribution in [0, 0.1) is 12.7 Å². The molecule has 2 fully saturated rings. The number of piperazine rings is 1. The van der Waals surface area contributed by atoms with E-state index in [1.807, 2.05) is 17.0 Å². The van der Waals surface area contributed by atoms with Gasteiger partial charge in [-0.3, -0.25) is 9.69 Å². The smallest absolute Gasteiger partial charge is 0.477 e. The third kappa shape index (κ3) is 4.74. The number of nitrogens with zero attached hydrogens (tertiary/aromatic N) is 3. The number of carboxylic acid groups (broad SMARTS) is 1. The molecule has 3 heterocycles. The summed E-state index contributed by atoms with van der Waals surface area (Å²) in [4.78, 5) is 40.2. The van der Waals surface area contributed by atoms with Gasteiger partial charge in [0.2, 0.25) is 5.43 Å². The highest BCUT2D eigenvalue weighted by Crippen LogP contribution is 2.39. The van der Waals surface area contributed by atoms with E-state index >= 15 is 4.39 Å². The third-order valence-electron chi connectivity index (χ3n) is 7.54. The molecule has 1 saturated carbocycles. The van der Waals surface area contributed by atoms with Crippen molar-refractivity contribution in [3.8, 4) is 0 Å². The summed E-state index contributed by atoms with van der Waals surface area (Å²) in [7, 11) is 0. The molecule has 1 N–H and O–H groups in total. The number of aromatic carboxylic acids is 1. The second-order valence-electron chi connectivity index (χ2n) is 10.1. The lowest BCUT2D eigenvalue weighted by Crippen LogP contribution is -2.48. The molecule has 2 aromatic heterocycles. The Balaban J connectivity index is 1.40. The molecule has 2 aromatic carbocycles. The molecule has 11 heteroatoms. The summed E-state index contributed by atoms with van der Waals surface area (Å²) in [6.45, 7) is 3.40. The van der Waals surface area contributed by atoms with Gasteiger partial charge in [-0.2, -0.15) is 0 Å². The van der Waals surface area contributed by atoms with Crippen LogP contribution in [0.2, 0.25) is 5.02 Å². The Kier molecular flexibility index (Phi) is 6.31. The summed E-state index contributed by atoms with van der Waals surface area (Å²) >= 11 is 6.13. The molecular weight excluding hydrogens is 529 g/mol. The first-order valence-electron chi connectivity index (χ1n) is 12.6. The van der Waals surface area contributed by atoms with E-state index in [2.05, 4.69) is 4.90 Å². The van der Waals surface area contributed by atoms with Gasteiger partial charge in [0, 0.05) is 42.3 Å². The summed E-state index contributed by atoms with van der Waals surface area (Å²) in [5.74, 6) is -1.82. The van der Waals surface area contributed by atoms with Gasteiger partial charge in [-0.25, -0.2) is 14.0 Å². The monoisotopic (exact) mass is 553 g/mol. The summed E-state index contributed by atoms with van der Waals surface area (Å²) in [6, 6.07) is 10.1. The highest BCUT2D eigenvalue weighted by molar-refractivity contribution is 6.30. The maximum absolute atomic E-state index is 15.6. The first-order valence-corrected chi connectivity index (χ1v) is 13.0. The number of rotatable bonds is 6. The molecule has 4 aromatic rings. The van der Waals surface area contributed by atoms with E-state index in [0.29, 0.717) is 53.9 Å². The van der Waals surface area contributed by atoms with E-state index in [1.165, 1.54) is 6.20 Å². The quantitative estimate of drug-likeness (QED) is 0.364. The maximum Gasteiger partial charge on any atom is 0.519 e. The van der Waals surface area contributed by atoms with Gasteiger partial charge in [0.25, 0.3) is 0 Å². The van der Waals surface area contributed by atoms with Gasteiger partial charge in [-0.15, -0.1) is 0 Å². The number of aryl methyl sites for hydroxylation is 1. The van der Waals surface area contributed by atoms with Crippen molar-refractivity contribution in [2.75, 3.05) is 24.5 Å². The summed E-state index contributed by atoms with van der Waals surface area (Å²) in [6.07, 6.45) is 3.11. The number of carbonyl (C=O) groups is 1. The number of pyridine rings is 1. The molecule has 1 saturated heterocycles. The molecule has 6 rings (SSSR count). The van der Waals surface area contributed by atoms with Gasteiger partial charge in [0.15, 0.2) is 5.76 Å². The zero-order chi connectivity index (χ0) is 27.4. The van der Waals surface area contributed by atoms with Crippen molar-refractivity contribution in [3.05, 3.63) is 96.9 Å². The predicted octanol–water partition coefficient (Wildman–Crippen LogP) is 4.75. The standard InChI is InChI=1S/C28H25ClFN3O6/c1-15-25(39-28(37)38-15)14-32-9-8-31(13-24(32)16-2-4-17(29)5-3-16)23-11-22-19(10-21(23)30)26(34)20(27(35)36)12-33(22)18-6-7-18/h2-5,10-12,18,24H,6-9,13-14H2,1H3,(H,35,36). The highest BCUT2D eigenvalue weighted by atomic mass is 35.5. The Morgan fingerprint density at radius 1 is 1.13 bits per heavy atom. The largest absolute Gasteiger partial charge is 0.519 e. The Hall–Kier alpha value is -3.89. The lowest BCUT2D eigenvalue weighted by molar-refractivity contribution is 0.0695. The van der Waals surface area contributed by atoms with E-state index in [9.17, 15) is 19.5 Å². The van der Waals surface area contributed by atoms with Crippen molar-refractivity contribution in [1.29, 1.82) is 0 Å². The second kappa shape index (κ2) is 9.69. The molecular formula is C28H25ClFN3O6. The number of halogens is 2. The summed E-state index contributed by atoms with van der Waals surface area (Å²) in [5.41, 5.74) is 0.754. The Bertz CT molecular complexity index is 1710. The van der Waals surface area contributed by atoms with Crippen LogP contribution in [0.5, 0.6) is 0 Å². The number of benzene rings is 2. The predicted molar refractivity (Wildman–Crippen MR) is 142 cm³/mol. The molecule has 0 amide bonds. The number of hydrogen-bond donors (Lipinski definition) is 1. The summed E-state index contributed by atoms with van der Waals surface area (Å²) in [5, 5.41) is 10.2. The Morgan fingerprint density at radius 3 is 2.51 bits per heavy atom. The van der Waals surface area contributed by atoms with E-state index in [-0.39, 0.29) is 23.0 Å². The van der Waals surface area contributed by atoms with Crippen LogP contribution in [0.3, 0.4) is 0 Å². The van der Waals surface area contributed by atoms with Crippen molar-refractivity contribution >= 4 is 34.2 Å². The lowest BCUT2D eigenvalue weighted by Gasteiger charge is -2.42. The second-order valence-corrected chi connectivity index (χ2v) is 10.5. The number of carboxylic acids is 1. The molecule has 1 unspecified atom stereocenters. The number of anilines is 1. The van der Waals surface area contributed by atoms with Crippen LogP contribution in [0.4, 0.5) is 10.1 Å². The van der Waals surface area contributed by atoms with Crippen molar-refractivity contribution in [1.82, 2.24) is 9.47 Å². The SMILES string of the molecule is Cc1oc(=O)oc1CN1CCN(c2cc3c(cc2F)c(=O)c(C(=O)O)cn3C2CC2)CC1c1ccc(Cl)cc1. The van der Waals surface area contributed by atoms with Crippen LogP contribution in [0.15, 0.2) is 61.0 Å². The van der Waals surface area contributed by atoms with Gasteiger partial charge in [-0.05, 0) is 49.6 Å². The normalized spacial score (nSPS) is 18.1. The molecule has 202 valence electrons. The molecule has 9 nitrogen and oxygen atoms in total. The molecule has 1 aliphatic carbocycles. The summed E-state index contributed by atoms with van der Waals surface area (Å²) < 4.78 is 27.7. The molecule has 1 aliphatic heterocycles. The van der Waals surface area contributed by atoms with Crippen LogP contribution in [-0.4, -0.2) is 40.2 Å². The van der Waals surface area contributed by atoms with Crippen LogP contribution in [0.1, 0.15) is 52.4 Å². The van der Waals surface area contributed by atoms with Crippen molar-refractivity contribution in [2.24, 2.45) is 0 Å². The highest BCUT2D eigenvalue weighted by Gasteiger charge is 2.32. The number of aromatic nitrogens is 1. The van der Waals surface area contributed by atoms with Gasteiger partial charge in [0.05, 0.1) is 23.8 Å². The minimum atomic E-state index is -1.33. The molecule has 39 heavy (non-hydrogen) atoms. The molecule has 0 radical (unpaired) electrons. The van der Waals surface area contributed by atoms with Crippen molar-refractivity contribution in [2.45, 2.75) is 38.4 Å². The van der Waals surface area contributed by atoms with Crippen LogP contribution in [0.25, 0.3) is 10.9 Å². The minimum absolute atomic E-state index is 0.0569. The zero-order valence-corrected chi connectivity index (χ0v) is 21.8. The van der Waals surface area contributed by atoms with Gasteiger partial charge < -0.3 is 23.4 Å². The van der Waals surface area contributed by atoms with E-state index in [4.69, 9.17) is 20.4 Å². The van der Waals surface area contributed by atoms with Crippen molar-refractivity contribution in [3.63, 3.8) is 0 Å². The minimum Gasteiger partial charge on any atom is -0.477 e. The van der Waals surface area contributed by atoms with Gasteiger partial charge >= 0.3 is 11.8 Å². The molecule has 1 atom stereocenters. The Morgan fingerprint density at radius 2 is 1.87 bits per heavy atom. The fraction of sp³-hybridized carbons (Fsp3) is 0.321. The van der Waals surface area contributed by atoms with Gasteiger partial charge in [-0.1, -0.05) is 23.7 Å². The van der Waals surface area contributed by atoms with Crippen LogP contribution in [-0.2, 0) is 6.54 Å². The average molecular weight is 554 g/mol. The van der Waals surface area contributed by atoms with Crippen LogP contribution < -0.4 is 16.2 Å². The Labute approximate surface area is 226 Å². The zero-order valence-electron chi connectivity index (χ0n) is 21.0. The molecule has 0 spiro atoms. The van der Waals surface area contributed by atoms with Crippen molar-refractivity contribution < 1.29 is 23.1 Å². The maximum atomic E-state index is 15.6. The molecule has 2 aliphatic rings. The van der Waals surface area contributed by atoms with E-state index < -0.39 is 23.0 Å². The fourth-order valence-corrected chi connectivity index (χ4v) is 5.47. The topological polar surface area (TPSA) is 109 Å². The van der Waals surface area contributed by atoms with E-state index in [1.54, 1.807) is 29.7 Å². The first-order chi connectivity index (χ1) is 18.7. The third-order valence-corrected chi connectivity index (χ3v) is 7.79. The number of hydrogen-bond acceptors (Lipinski definition) is 7. The lowest BCUT2D eigenvalue weighted by atomic mass is 10.0. The van der Waals surface area contributed by atoms with E-state index in [0.717, 1.165) is 24.5 Å². The van der Waals surface area contributed by atoms with Crippen LogP contribution >= 0.6 is 11.6 Å². The van der Waals surface area contributed by atoms with Gasteiger partial charge in [0.1, 0.15) is 17.1 Å². The average Bonchev–Trinajstić information content (AvgIpc) is 3.69. The number of fused-ring (bicyclic) bond motifs is 1.